The van der Waals surface area contributed by atoms with Crippen LogP contribution in [0.25, 0.3) is 0 Å². The summed E-state index contributed by atoms with van der Waals surface area (Å²) >= 11 is 0. The van der Waals surface area contributed by atoms with Gasteiger partial charge in [-0.05, 0) is 35.9 Å². The standard InChI is InChI=1S/C23H34N6O2/c1-24-23(26-16-18-8-9-25-22(14-18)27(2)3)29-12-10-28(11-13-29)17-19-15-20(30-4)6-7-21(19)31-5/h6-9,14-15H,10-13,16-17H2,1-5H3,(H,24,26). The van der Waals surface area contributed by atoms with Gasteiger partial charge in [0.1, 0.15) is 17.3 Å². The molecule has 3 rings (SSSR count). The number of hydrogen-bond donors (Lipinski definition) is 1. The van der Waals surface area contributed by atoms with E-state index in [0.29, 0.717) is 0 Å². The van der Waals surface area contributed by atoms with Gasteiger partial charge in [-0.2, -0.15) is 0 Å². The van der Waals surface area contributed by atoms with Crippen molar-refractivity contribution in [2.75, 3.05) is 66.4 Å². The Kier molecular flexibility index (Phi) is 7.94. The lowest BCUT2D eigenvalue weighted by Crippen LogP contribution is -2.52. The maximum atomic E-state index is 5.53. The molecule has 2 heterocycles. The zero-order valence-corrected chi connectivity index (χ0v) is 19.3. The third-order valence-corrected chi connectivity index (χ3v) is 5.48. The number of nitrogens with zero attached hydrogens (tertiary/aromatic N) is 5. The molecular formula is C23H34N6O2. The van der Waals surface area contributed by atoms with Crippen molar-refractivity contribution in [1.82, 2.24) is 20.1 Å². The number of benzene rings is 1. The van der Waals surface area contributed by atoms with Gasteiger partial charge in [0, 0.05) is 72.2 Å². The van der Waals surface area contributed by atoms with Crippen molar-refractivity contribution in [2.45, 2.75) is 13.1 Å². The van der Waals surface area contributed by atoms with E-state index in [4.69, 9.17) is 9.47 Å². The largest absolute Gasteiger partial charge is 0.497 e. The molecule has 1 aromatic heterocycles. The van der Waals surface area contributed by atoms with Gasteiger partial charge in [-0.25, -0.2) is 4.98 Å². The molecule has 1 fully saturated rings. The minimum Gasteiger partial charge on any atom is -0.497 e. The molecule has 0 aliphatic carbocycles. The molecule has 2 aromatic rings. The summed E-state index contributed by atoms with van der Waals surface area (Å²) in [5, 5.41) is 3.49. The van der Waals surface area contributed by atoms with E-state index >= 15 is 0 Å². The molecule has 0 unspecified atom stereocenters. The van der Waals surface area contributed by atoms with Crippen LogP contribution in [0.5, 0.6) is 11.5 Å². The summed E-state index contributed by atoms with van der Waals surface area (Å²) in [6.45, 7) is 5.32. The van der Waals surface area contributed by atoms with Gasteiger partial charge < -0.3 is 24.6 Å². The monoisotopic (exact) mass is 426 g/mol. The first-order valence-electron chi connectivity index (χ1n) is 10.5. The summed E-state index contributed by atoms with van der Waals surface area (Å²) in [7, 11) is 9.24. The van der Waals surface area contributed by atoms with Crippen LogP contribution in [0, 0.1) is 0 Å². The van der Waals surface area contributed by atoms with Gasteiger partial charge in [-0.1, -0.05) is 0 Å². The second-order valence-electron chi connectivity index (χ2n) is 7.76. The minimum absolute atomic E-state index is 0.720. The van der Waals surface area contributed by atoms with Crippen LogP contribution in [0.3, 0.4) is 0 Å². The van der Waals surface area contributed by atoms with E-state index in [2.05, 4.69) is 37.2 Å². The average molecular weight is 427 g/mol. The summed E-state index contributed by atoms with van der Waals surface area (Å²) in [5.74, 6) is 3.64. The zero-order chi connectivity index (χ0) is 22.2. The fraction of sp³-hybridized carbons (Fsp3) is 0.478. The Bertz CT molecular complexity index is 878. The van der Waals surface area contributed by atoms with Gasteiger partial charge in [0.05, 0.1) is 14.2 Å². The Hall–Kier alpha value is -3.00. The second-order valence-corrected chi connectivity index (χ2v) is 7.76. The van der Waals surface area contributed by atoms with Crippen LogP contribution in [-0.4, -0.2) is 82.3 Å². The minimum atomic E-state index is 0.720. The quantitative estimate of drug-likeness (QED) is 0.537. The van der Waals surface area contributed by atoms with Crippen LogP contribution in [0.2, 0.25) is 0 Å². The summed E-state index contributed by atoms with van der Waals surface area (Å²) < 4.78 is 10.9. The number of anilines is 1. The van der Waals surface area contributed by atoms with Crippen molar-refractivity contribution in [1.29, 1.82) is 0 Å². The van der Waals surface area contributed by atoms with Crippen LogP contribution in [-0.2, 0) is 13.1 Å². The molecule has 1 aliphatic rings. The number of aliphatic imine (C=N–C) groups is 1. The lowest BCUT2D eigenvalue weighted by molar-refractivity contribution is 0.171. The molecule has 1 aromatic carbocycles. The first-order valence-corrected chi connectivity index (χ1v) is 10.5. The van der Waals surface area contributed by atoms with Gasteiger partial charge in [0.2, 0.25) is 0 Å². The van der Waals surface area contributed by atoms with Crippen molar-refractivity contribution in [2.24, 2.45) is 4.99 Å². The Morgan fingerprint density at radius 3 is 2.52 bits per heavy atom. The highest BCUT2D eigenvalue weighted by atomic mass is 16.5. The molecule has 0 atom stereocenters. The van der Waals surface area contributed by atoms with Crippen molar-refractivity contribution < 1.29 is 9.47 Å². The van der Waals surface area contributed by atoms with Crippen molar-refractivity contribution in [3.8, 4) is 11.5 Å². The third kappa shape index (κ3) is 6.01. The highest BCUT2D eigenvalue weighted by Gasteiger charge is 2.21. The SMILES string of the molecule is CN=C(NCc1ccnc(N(C)C)c1)N1CCN(Cc2cc(OC)ccc2OC)CC1. The van der Waals surface area contributed by atoms with E-state index in [1.807, 2.05) is 50.4 Å². The van der Waals surface area contributed by atoms with E-state index < -0.39 is 0 Å². The molecule has 168 valence electrons. The maximum Gasteiger partial charge on any atom is 0.194 e. The van der Waals surface area contributed by atoms with Crippen LogP contribution in [0.4, 0.5) is 5.82 Å². The van der Waals surface area contributed by atoms with Gasteiger partial charge in [0.15, 0.2) is 5.96 Å². The molecule has 0 amide bonds. The number of piperazine rings is 1. The fourth-order valence-corrected chi connectivity index (χ4v) is 3.69. The summed E-state index contributed by atoms with van der Waals surface area (Å²) in [5.41, 5.74) is 2.33. The molecule has 1 N–H and O–H groups in total. The maximum absolute atomic E-state index is 5.53. The van der Waals surface area contributed by atoms with Crippen molar-refractivity contribution in [3.63, 3.8) is 0 Å². The van der Waals surface area contributed by atoms with Crippen LogP contribution in [0.15, 0.2) is 41.5 Å². The predicted molar refractivity (Wildman–Crippen MR) is 125 cm³/mol. The molecule has 0 saturated carbocycles. The number of guanidine groups is 1. The number of rotatable bonds is 7. The molecule has 8 nitrogen and oxygen atoms in total. The van der Waals surface area contributed by atoms with Gasteiger partial charge in [-0.15, -0.1) is 0 Å². The van der Waals surface area contributed by atoms with Crippen molar-refractivity contribution in [3.05, 3.63) is 47.7 Å². The first-order chi connectivity index (χ1) is 15.0. The normalized spacial score (nSPS) is 15.0. The highest BCUT2D eigenvalue weighted by Crippen LogP contribution is 2.25. The number of ether oxygens (including phenoxy) is 2. The summed E-state index contributed by atoms with van der Waals surface area (Å²) in [6, 6.07) is 10.1. The molecule has 1 aliphatic heterocycles. The van der Waals surface area contributed by atoms with E-state index in [-0.39, 0.29) is 0 Å². The molecule has 0 spiro atoms. The lowest BCUT2D eigenvalue weighted by Gasteiger charge is -2.36. The molecule has 31 heavy (non-hydrogen) atoms. The van der Waals surface area contributed by atoms with Crippen molar-refractivity contribution >= 4 is 11.8 Å². The fourth-order valence-electron chi connectivity index (χ4n) is 3.69. The van der Waals surface area contributed by atoms with E-state index in [1.54, 1.807) is 14.2 Å². The number of methoxy groups -OCH3 is 2. The summed E-state index contributed by atoms with van der Waals surface area (Å²) in [6.07, 6.45) is 1.85. The smallest absolute Gasteiger partial charge is 0.194 e. The first kappa shape index (κ1) is 22.7. The Balaban J connectivity index is 1.54. The predicted octanol–water partition coefficient (Wildman–Crippen LogP) is 2.06. The average Bonchev–Trinajstić information content (AvgIpc) is 2.80. The number of pyridine rings is 1. The van der Waals surface area contributed by atoms with Gasteiger partial charge in [-0.3, -0.25) is 9.89 Å². The Labute approximate surface area is 185 Å². The molecule has 8 heteroatoms. The molecule has 0 bridgehead atoms. The van der Waals surface area contributed by atoms with E-state index in [9.17, 15) is 0 Å². The second kappa shape index (κ2) is 10.9. The number of hydrogen-bond acceptors (Lipinski definition) is 6. The van der Waals surface area contributed by atoms with Crippen LogP contribution in [0.1, 0.15) is 11.1 Å². The molecular weight excluding hydrogens is 392 g/mol. The Morgan fingerprint density at radius 2 is 1.87 bits per heavy atom. The molecule has 0 radical (unpaired) electrons. The van der Waals surface area contributed by atoms with E-state index in [0.717, 1.165) is 68.1 Å². The zero-order valence-electron chi connectivity index (χ0n) is 19.3. The van der Waals surface area contributed by atoms with Crippen LogP contribution >= 0.6 is 0 Å². The lowest BCUT2D eigenvalue weighted by atomic mass is 10.1. The topological polar surface area (TPSA) is 65.5 Å². The van der Waals surface area contributed by atoms with E-state index in [1.165, 1.54) is 5.56 Å². The van der Waals surface area contributed by atoms with Crippen LogP contribution < -0.4 is 19.7 Å². The third-order valence-electron chi connectivity index (χ3n) is 5.48. The molecule has 1 saturated heterocycles. The number of aromatic nitrogens is 1. The highest BCUT2D eigenvalue weighted by molar-refractivity contribution is 5.80. The van der Waals surface area contributed by atoms with Gasteiger partial charge in [0.25, 0.3) is 0 Å². The van der Waals surface area contributed by atoms with Gasteiger partial charge >= 0.3 is 0 Å². The number of nitrogens with one attached hydrogen (secondary N) is 1. The summed E-state index contributed by atoms with van der Waals surface area (Å²) in [4.78, 5) is 15.6. The Morgan fingerprint density at radius 1 is 1.10 bits per heavy atom.